The van der Waals surface area contributed by atoms with Crippen molar-refractivity contribution in [2.45, 2.75) is 36.6 Å². The number of hydrogen-bond donors (Lipinski definition) is 2. The van der Waals surface area contributed by atoms with E-state index < -0.39 is 22.2 Å². The molecule has 2 aliphatic rings. The van der Waals surface area contributed by atoms with Crippen LogP contribution in [0.4, 0.5) is 0 Å². The molecule has 4 rings (SSSR count). The zero-order valence-corrected chi connectivity index (χ0v) is 17.2. The van der Waals surface area contributed by atoms with E-state index in [9.17, 15) is 18.3 Å². The van der Waals surface area contributed by atoms with Crippen LogP contribution in [0.25, 0.3) is 0 Å². The van der Waals surface area contributed by atoms with Crippen LogP contribution in [0.1, 0.15) is 40.6 Å². The zero-order chi connectivity index (χ0) is 20.8. The van der Waals surface area contributed by atoms with Gasteiger partial charge in [0.25, 0.3) is 5.91 Å². The van der Waals surface area contributed by atoms with Gasteiger partial charge in [0.1, 0.15) is 4.90 Å². The number of likely N-dealkylation sites (tertiary alicyclic amines) is 1. The molecule has 3 N–H and O–H groups in total. The van der Waals surface area contributed by atoms with Crippen molar-refractivity contribution in [1.82, 2.24) is 9.80 Å². The Morgan fingerprint density at radius 2 is 1.79 bits per heavy atom. The molecule has 1 atom stereocenters. The topological polar surface area (TPSA) is 104 Å². The van der Waals surface area contributed by atoms with E-state index in [0.29, 0.717) is 5.56 Å². The summed E-state index contributed by atoms with van der Waals surface area (Å²) in [5.41, 5.74) is 1.69. The lowest BCUT2D eigenvalue weighted by Crippen LogP contribution is -2.46. The number of primary sulfonamides is 1. The van der Waals surface area contributed by atoms with Gasteiger partial charge in [0.15, 0.2) is 6.23 Å². The summed E-state index contributed by atoms with van der Waals surface area (Å²) in [5, 5.41) is 15.8. The molecule has 9 heteroatoms. The van der Waals surface area contributed by atoms with Crippen molar-refractivity contribution in [2.24, 2.45) is 5.14 Å². The highest BCUT2D eigenvalue weighted by Gasteiger charge is 2.41. The summed E-state index contributed by atoms with van der Waals surface area (Å²) >= 11 is 6.03. The molecule has 1 fully saturated rings. The van der Waals surface area contributed by atoms with Gasteiger partial charge in [-0.3, -0.25) is 9.69 Å². The van der Waals surface area contributed by atoms with Gasteiger partial charge in [-0.2, -0.15) is 0 Å². The summed E-state index contributed by atoms with van der Waals surface area (Å²) in [6, 6.07) is 12.5. The van der Waals surface area contributed by atoms with Crippen molar-refractivity contribution in [2.75, 3.05) is 13.1 Å². The number of sulfonamides is 1. The fraction of sp³-hybridized carbons (Fsp3) is 0.350. The maximum Gasteiger partial charge on any atom is 0.256 e. The molecule has 2 aromatic carbocycles. The Morgan fingerprint density at radius 3 is 2.41 bits per heavy atom. The second kappa shape index (κ2) is 7.70. The number of nitrogens with two attached hydrogens (primary N) is 1. The molecule has 2 heterocycles. The Morgan fingerprint density at radius 1 is 1.14 bits per heavy atom. The molecule has 2 aliphatic heterocycles. The van der Waals surface area contributed by atoms with Gasteiger partial charge in [0.2, 0.25) is 10.0 Å². The van der Waals surface area contributed by atoms with Crippen LogP contribution in [0, 0.1) is 0 Å². The number of fused-ring (bicyclic) bond motifs is 1. The highest BCUT2D eigenvalue weighted by molar-refractivity contribution is 7.89. The number of carbonyl (C=O) groups excluding carboxylic acids is 1. The third kappa shape index (κ3) is 3.91. The number of rotatable bonds is 4. The molecule has 0 aromatic heterocycles. The minimum Gasteiger partial charge on any atom is -0.369 e. The molecule has 154 valence electrons. The third-order valence-electron chi connectivity index (χ3n) is 5.62. The molecule has 1 amide bonds. The normalized spacial score (nSPS) is 20.9. The van der Waals surface area contributed by atoms with E-state index in [1.807, 2.05) is 18.2 Å². The Labute approximate surface area is 174 Å². The predicted octanol–water partition coefficient (Wildman–Crippen LogP) is 2.10. The highest BCUT2D eigenvalue weighted by Crippen LogP contribution is 2.39. The first-order valence-electron chi connectivity index (χ1n) is 9.39. The van der Waals surface area contributed by atoms with Crippen molar-refractivity contribution in [3.05, 3.63) is 64.2 Å². The standard InChI is InChI=1S/C20H22ClN3O4S/c21-17-10-15-16(11-18(17)29(22,27)28)20(26)24(19(15)25)14-6-8-23(9-7-14)12-13-4-2-1-3-5-13/h1-5,10-11,14,19,25H,6-9,12H2,(H2,22,27,28). The van der Waals surface area contributed by atoms with E-state index in [2.05, 4.69) is 17.0 Å². The van der Waals surface area contributed by atoms with Gasteiger partial charge in [-0.25, -0.2) is 13.6 Å². The lowest BCUT2D eigenvalue weighted by atomic mass is 10.0. The number of benzene rings is 2. The minimum absolute atomic E-state index is 0.0994. The molecule has 7 nitrogen and oxygen atoms in total. The number of piperidine rings is 1. The van der Waals surface area contributed by atoms with Gasteiger partial charge in [-0.15, -0.1) is 0 Å². The number of halogens is 1. The van der Waals surface area contributed by atoms with Crippen LogP contribution >= 0.6 is 11.6 Å². The SMILES string of the molecule is NS(=O)(=O)c1cc2c(cc1Cl)C(O)N(C1CCN(Cc3ccccc3)CC1)C2=O. The molecular weight excluding hydrogens is 414 g/mol. The maximum absolute atomic E-state index is 12.9. The minimum atomic E-state index is -4.07. The molecule has 2 aromatic rings. The van der Waals surface area contributed by atoms with Crippen LogP contribution < -0.4 is 5.14 Å². The number of aliphatic hydroxyl groups excluding tert-OH is 1. The van der Waals surface area contributed by atoms with Crippen LogP contribution in [0.2, 0.25) is 5.02 Å². The van der Waals surface area contributed by atoms with Crippen LogP contribution in [0.5, 0.6) is 0 Å². The molecule has 29 heavy (non-hydrogen) atoms. The Kier molecular flexibility index (Phi) is 5.39. The average Bonchev–Trinajstić information content (AvgIpc) is 2.92. The summed E-state index contributed by atoms with van der Waals surface area (Å²) in [7, 11) is -4.07. The van der Waals surface area contributed by atoms with Crippen LogP contribution in [0.15, 0.2) is 47.4 Å². The molecule has 0 aliphatic carbocycles. The summed E-state index contributed by atoms with van der Waals surface area (Å²) in [4.78, 5) is 16.4. The molecule has 0 spiro atoms. The van der Waals surface area contributed by atoms with Crippen molar-refractivity contribution >= 4 is 27.5 Å². The quantitative estimate of drug-likeness (QED) is 0.765. The second-order valence-electron chi connectivity index (χ2n) is 7.49. The maximum atomic E-state index is 12.9. The van der Waals surface area contributed by atoms with Crippen molar-refractivity contribution < 1.29 is 18.3 Å². The molecule has 0 radical (unpaired) electrons. The summed E-state index contributed by atoms with van der Waals surface area (Å²) in [6.07, 6.45) is 0.300. The Bertz CT molecular complexity index is 1040. The monoisotopic (exact) mass is 435 g/mol. The first-order valence-corrected chi connectivity index (χ1v) is 11.3. The Balaban J connectivity index is 1.49. The van der Waals surface area contributed by atoms with Crippen LogP contribution in [-0.4, -0.2) is 48.4 Å². The van der Waals surface area contributed by atoms with Crippen molar-refractivity contribution in [3.63, 3.8) is 0 Å². The number of nitrogens with zero attached hydrogens (tertiary/aromatic N) is 2. The van der Waals surface area contributed by atoms with Crippen molar-refractivity contribution in [1.29, 1.82) is 0 Å². The lowest BCUT2D eigenvalue weighted by Gasteiger charge is -2.38. The summed E-state index contributed by atoms with van der Waals surface area (Å²) in [5.74, 6) is -0.393. The first kappa shape index (κ1) is 20.3. The van der Waals surface area contributed by atoms with E-state index in [0.717, 1.165) is 32.5 Å². The van der Waals surface area contributed by atoms with E-state index in [1.165, 1.54) is 22.6 Å². The van der Waals surface area contributed by atoms with Gasteiger partial charge in [-0.05, 0) is 30.5 Å². The highest BCUT2D eigenvalue weighted by atomic mass is 35.5. The lowest BCUT2D eigenvalue weighted by molar-refractivity contribution is -0.0177. The fourth-order valence-corrected chi connectivity index (χ4v) is 5.26. The number of carbonyl (C=O) groups is 1. The van der Waals surface area contributed by atoms with E-state index >= 15 is 0 Å². The molecule has 0 bridgehead atoms. The second-order valence-corrected chi connectivity index (χ2v) is 9.43. The zero-order valence-electron chi connectivity index (χ0n) is 15.7. The van der Waals surface area contributed by atoms with Gasteiger partial charge >= 0.3 is 0 Å². The predicted molar refractivity (Wildman–Crippen MR) is 109 cm³/mol. The van der Waals surface area contributed by atoms with Gasteiger partial charge < -0.3 is 10.0 Å². The third-order valence-corrected chi connectivity index (χ3v) is 6.99. The van der Waals surface area contributed by atoms with E-state index in [1.54, 1.807) is 0 Å². The number of amides is 1. The van der Waals surface area contributed by atoms with Gasteiger partial charge in [0.05, 0.1) is 5.02 Å². The first-order chi connectivity index (χ1) is 13.8. The molecule has 1 saturated heterocycles. The van der Waals surface area contributed by atoms with Crippen LogP contribution in [0.3, 0.4) is 0 Å². The summed E-state index contributed by atoms with van der Waals surface area (Å²) in [6.45, 7) is 2.45. The summed E-state index contributed by atoms with van der Waals surface area (Å²) < 4.78 is 23.4. The smallest absolute Gasteiger partial charge is 0.256 e. The van der Waals surface area contributed by atoms with E-state index in [-0.39, 0.29) is 21.5 Å². The number of hydrogen-bond acceptors (Lipinski definition) is 5. The molecule has 1 unspecified atom stereocenters. The molecule has 0 saturated carbocycles. The fourth-order valence-electron chi connectivity index (χ4n) is 4.15. The van der Waals surface area contributed by atoms with Gasteiger partial charge in [-0.1, -0.05) is 41.9 Å². The average molecular weight is 436 g/mol. The van der Waals surface area contributed by atoms with Crippen LogP contribution in [-0.2, 0) is 16.6 Å². The van der Waals surface area contributed by atoms with Gasteiger partial charge in [0, 0.05) is 36.8 Å². The molecular formula is C20H22ClN3O4S. The number of aliphatic hydroxyl groups is 1. The Hall–Kier alpha value is -1.97. The largest absolute Gasteiger partial charge is 0.369 e. The van der Waals surface area contributed by atoms with Crippen molar-refractivity contribution in [3.8, 4) is 0 Å². The van der Waals surface area contributed by atoms with E-state index in [4.69, 9.17) is 16.7 Å².